The fourth-order valence-electron chi connectivity index (χ4n) is 4.88. The van der Waals surface area contributed by atoms with E-state index in [2.05, 4.69) is 43.1 Å². The third kappa shape index (κ3) is 13.1. The molecule has 0 fully saturated rings. The second-order valence-electron chi connectivity index (χ2n) is 10.7. The molecule has 1 aliphatic heterocycles. The molecule has 0 unspecified atom stereocenters. The lowest BCUT2D eigenvalue weighted by molar-refractivity contribution is -0.116. The Morgan fingerprint density at radius 2 is 1.48 bits per heavy atom. The normalized spacial score (nSPS) is 12.5. The molecular formula is C34H48BrN2O2S. The van der Waals surface area contributed by atoms with Crippen LogP contribution in [-0.4, -0.2) is 17.6 Å². The second-order valence-corrected chi connectivity index (χ2v) is 12.0. The van der Waals surface area contributed by atoms with E-state index in [0.717, 1.165) is 47.1 Å². The van der Waals surface area contributed by atoms with Gasteiger partial charge in [-0.15, -0.1) is 0 Å². The van der Waals surface area contributed by atoms with Gasteiger partial charge in [0.25, 0.3) is 11.2 Å². The van der Waals surface area contributed by atoms with Crippen molar-refractivity contribution in [1.29, 1.82) is 0 Å². The zero-order valence-electron chi connectivity index (χ0n) is 24.8. The van der Waals surface area contributed by atoms with Crippen LogP contribution >= 0.6 is 11.8 Å². The molecule has 1 amide bonds. The van der Waals surface area contributed by atoms with Crippen LogP contribution in [0.15, 0.2) is 59.6 Å². The van der Waals surface area contributed by atoms with E-state index in [1.165, 1.54) is 75.5 Å². The molecule has 0 saturated heterocycles. The van der Waals surface area contributed by atoms with Crippen LogP contribution in [0.5, 0.6) is 5.75 Å². The minimum absolute atomic E-state index is 0. The number of carbonyl (C=O) groups excluding carboxylic acids is 1. The van der Waals surface area contributed by atoms with Crippen molar-refractivity contribution in [2.75, 3.05) is 11.5 Å². The van der Waals surface area contributed by atoms with Gasteiger partial charge in [0, 0.05) is 12.6 Å². The van der Waals surface area contributed by atoms with Gasteiger partial charge in [0.15, 0.2) is 0 Å². The number of benzene rings is 2. The number of aliphatic imine (C=N–C) groups is 1. The fourth-order valence-corrected chi connectivity index (χ4v) is 5.70. The highest BCUT2D eigenvalue weighted by Crippen LogP contribution is 2.25. The van der Waals surface area contributed by atoms with Gasteiger partial charge in [0.05, 0.1) is 29.5 Å². The van der Waals surface area contributed by atoms with E-state index >= 15 is 0 Å². The van der Waals surface area contributed by atoms with E-state index in [1.807, 2.05) is 35.4 Å². The number of nitrogens with zero attached hydrogens (tertiary/aromatic N) is 2. The van der Waals surface area contributed by atoms with Gasteiger partial charge in [0.1, 0.15) is 5.75 Å². The fraction of sp³-hybridized carbons (Fsp3) is 0.529. The third-order valence-corrected chi connectivity index (χ3v) is 8.07. The smallest absolute Gasteiger partial charge is 0.296 e. The van der Waals surface area contributed by atoms with Gasteiger partial charge in [-0.3, -0.25) is 4.79 Å². The largest absolute Gasteiger partial charge is 1.00 e. The molecule has 0 aliphatic carbocycles. The molecule has 4 nitrogen and oxygen atoms in total. The first-order chi connectivity index (χ1) is 19.0. The zero-order valence-corrected chi connectivity index (χ0v) is 27.2. The van der Waals surface area contributed by atoms with Crippen molar-refractivity contribution in [2.45, 2.75) is 111 Å². The SMILES string of the molecule is CCCCCCCCCCCCCCOc1ccc(CN(C(C)=O)c2cccc(CC3=[N+]C=C(C)S3)c2)cc1.[Br-]. The summed E-state index contributed by atoms with van der Waals surface area (Å²) in [7, 11) is 0. The Balaban J connectivity index is 0.00000560. The Labute approximate surface area is 257 Å². The average molecular weight is 629 g/mol. The van der Waals surface area contributed by atoms with Gasteiger partial charge < -0.3 is 26.6 Å². The number of hydrogen-bond donors (Lipinski definition) is 0. The number of ether oxygens (including phenoxy) is 1. The van der Waals surface area contributed by atoms with Gasteiger partial charge >= 0.3 is 0 Å². The van der Waals surface area contributed by atoms with Crippen molar-refractivity contribution in [1.82, 2.24) is 4.99 Å². The highest BCUT2D eigenvalue weighted by Gasteiger charge is 2.21. The molecule has 0 saturated carbocycles. The van der Waals surface area contributed by atoms with E-state index in [4.69, 9.17) is 4.74 Å². The number of thioether (sulfide) groups is 1. The summed E-state index contributed by atoms with van der Waals surface area (Å²) in [5.41, 5.74) is 3.17. The van der Waals surface area contributed by atoms with Crippen molar-refractivity contribution in [2.24, 2.45) is 0 Å². The topological polar surface area (TPSA) is 43.6 Å². The summed E-state index contributed by atoms with van der Waals surface area (Å²) in [4.78, 5) is 20.1. The molecule has 6 heteroatoms. The standard InChI is InChI=1S/C34H48N2O2S.BrH/c1-4-5-6-7-8-9-10-11-12-13-14-15-23-38-33-21-19-30(20-22-33)27-36(29(3)37)32-18-16-17-31(24-32)25-34-35-26-28(2)39-34;/h16-22,24,26H,4-15,23,25,27H2,1-3H3;1H/q+1;/p-1. The Morgan fingerprint density at radius 1 is 0.850 bits per heavy atom. The Bertz CT molecular complexity index is 1070. The lowest BCUT2D eigenvalue weighted by Gasteiger charge is -2.22. The molecule has 2 aromatic carbocycles. The predicted molar refractivity (Wildman–Crippen MR) is 169 cm³/mol. The Hall–Kier alpha value is -2.05. The monoisotopic (exact) mass is 627 g/mol. The van der Waals surface area contributed by atoms with E-state index in [9.17, 15) is 4.79 Å². The number of anilines is 1. The van der Waals surface area contributed by atoms with Crippen molar-refractivity contribution >= 4 is 28.4 Å². The van der Waals surface area contributed by atoms with Crippen LogP contribution in [0.2, 0.25) is 0 Å². The number of allylic oxidation sites excluding steroid dienone is 1. The minimum Gasteiger partial charge on any atom is -1.00 e. The summed E-state index contributed by atoms with van der Waals surface area (Å²) in [6.07, 6.45) is 18.9. The average Bonchev–Trinajstić information content (AvgIpc) is 3.34. The van der Waals surface area contributed by atoms with Gasteiger partial charge in [-0.1, -0.05) is 102 Å². The van der Waals surface area contributed by atoms with Crippen LogP contribution in [-0.2, 0) is 17.8 Å². The van der Waals surface area contributed by atoms with Crippen molar-refractivity contribution < 1.29 is 26.5 Å². The van der Waals surface area contributed by atoms with Crippen LogP contribution in [0.4, 0.5) is 5.69 Å². The molecule has 0 atom stereocenters. The quantitative estimate of drug-likeness (QED) is 0.174. The maximum absolute atomic E-state index is 12.5. The van der Waals surface area contributed by atoms with Crippen molar-refractivity contribution in [3.8, 4) is 5.75 Å². The lowest BCUT2D eigenvalue weighted by Crippen LogP contribution is -3.00. The molecule has 2 aromatic rings. The molecular weight excluding hydrogens is 580 g/mol. The second kappa shape index (κ2) is 19.9. The van der Waals surface area contributed by atoms with Gasteiger partial charge in [0.2, 0.25) is 5.91 Å². The third-order valence-electron chi connectivity index (χ3n) is 7.16. The molecule has 0 aromatic heterocycles. The number of amides is 1. The van der Waals surface area contributed by atoms with Gasteiger partial charge in [-0.05, 0) is 60.5 Å². The van der Waals surface area contributed by atoms with E-state index in [-0.39, 0.29) is 22.9 Å². The summed E-state index contributed by atoms with van der Waals surface area (Å²) in [5.74, 6) is 0.932. The summed E-state index contributed by atoms with van der Waals surface area (Å²) in [6.45, 7) is 7.28. The molecule has 0 bridgehead atoms. The van der Waals surface area contributed by atoms with Crippen molar-refractivity contribution in [3.63, 3.8) is 0 Å². The van der Waals surface area contributed by atoms with Crippen molar-refractivity contribution in [3.05, 3.63) is 70.8 Å². The molecule has 3 rings (SSSR count). The summed E-state index contributed by atoms with van der Waals surface area (Å²) >= 11 is 1.72. The zero-order chi connectivity index (χ0) is 27.7. The number of rotatable bonds is 19. The number of halogens is 1. The Kier molecular flexibility index (Phi) is 17.0. The first-order valence-corrected chi connectivity index (χ1v) is 15.9. The molecule has 0 N–H and O–H groups in total. The highest BCUT2D eigenvalue weighted by atomic mass is 79.9. The van der Waals surface area contributed by atoms with E-state index < -0.39 is 0 Å². The number of hydrogen-bond acceptors (Lipinski definition) is 4. The minimum atomic E-state index is 0. The molecule has 1 radical (unpaired) electrons. The van der Waals surface area contributed by atoms with Crippen LogP contribution in [0.1, 0.15) is 109 Å². The molecule has 1 aliphatic rings. The lowest BCUT2D eigenvalue weighted by atomic mass is 10.1. The van der Waals surface area contributed by atoms with Crippen LogP contribution in [0, 0.1) is 0 Å². The number of unbranched alkanes of at least 4 members (excludes halogenated alkanes) is 11. The maximum Gasteiger partial charge on any atom is 0.296 e. The molecule has 40 heavy (non-hydrogen) atoms. The van der Waals surface area contributed by atoms with Gasteiger partial charge in [-0.2, -0.15) is 0 Å². The maximum atomic E-state index is 12.5. The van der Waals surface area contributed by atoms with E-state index in [0.29, 0.717) is 6.54 Å². The van der Waals surface area contributed by atoms with Crippen LogP contribution < -0.4 is 31.6 Å². The first-order valence-electron chi connectivity index (χ1n) is 15.0. The first kappa shape index (κ1) is 34.2. The molecule has 1 heterocycles. The highest BCUT2D eigenvalue weighted by molar-refractivity contribution is 8.17. The van der Waals surface area contributed by atoms with Gasteiger partial charge in [-0.25, -0.2) is 0 Å². The summed E-state index contributed by atoms with van der Waals surface area (Å²) in [6, 6.07) is 16.4. The van der Waals surface area contributed by atoms with Crippen LogP contribution in [0.3, 0.4) is 0 Å². The molecule has 219 valence electrons. The Morgan fingerprint density at radius 3 is 2.05 bits per heavy atom. The van der Waals surface area contributed by atoms with E-state index in [1.54, 1.807) is 18.7 Å². The van der Waals surface area contributed by atoms with Crippen LogP contribution in [0.25, 0.3) is 0 Å². The summed E-state index contributed by atoms with van der Waals surface area (Å²) < 4.78 is 5.98. The number of carbonyl (C=O) groups is 1. The predicted octanol–water partition coefficient (Wildman–Crippen LogP) is 6.21. The summed E-state index contributed by atoms with van der Waals surface area (Å²) in [5, 5.41) is 1.10. The molecule has 0 spiro atoms.